The summed E-state index contributed by atoms with van der Waals surface area (Å²) in [5.41, 5.74) is 3.47. The highest BCUT2D eigenvalue weighted by molar-refractivity contribution is 6.30. The van der Waals surface area contributed by atoms with Crippen LogP contribution in [0.15, 0.2) is 45.6 Å². The zero-order valence-electron chi connectivity index (χ0n) is 16.2. The van der Waals surface area contributed by atoms with Crippen molar-refractivity contribution >= 4 is 22.6 Å². The number of ether oxygens (including phenoxy) is 2. The van der Waals surface area contributed by atoms with Crippen LogP contribution in [0.2, 0.25) is 5.02 Å². The topological polar surface area (TPSA) is 51.9 Å². The van der Waals surface area contributed by atoms with Gasteiger partial charge in [-0.15, -0.1) is 0 Å². The Labute approximate surface area is 173 Å². The van der Waals surface area contributed by atoms with E-state index in [9.17, 15) is 4.79 Å². The Morgan fingerprint density at radius 3 is 2.76 bits per heavy atom. The lowest BCUT2D eigenvalue weighted by atomic mass is 9.97. The summed E-state index contributed by atoms with van der Waals surface area (Å²) in [6.07, 6.45) is 2.44. The van der Waals surface area contributed by atoms with Gasteiger partial charge in [-0.3, -0.25) is 4.90 Å². The summed E-state index contributed by atoms with van der Waals surface area (Å²) in [5, 5.41) is 1.56. The molecule has 1 fully saturated rings. The van der Waals surface area contributed by atoms with Crippen LogP contribution in [0.4, 0.5) is 0 Å². The van der Waals surface area contributed by atoms with Crippen LogP contribution in [0.25, 0.3) is 22.1 Å². The van der Waals surface area contributed by atoms with Gasteiger partial charge in [0.05, 0.1) is 17.2 Å². The van der Waals surface area contributed by atoms with Crippen LogP contribution in [0.5, 0.6) is 5.75 Å². The number of halogens is 1. The first-order valence-electron chi connectivity index (χ1n) is 9.92. The van der Waals surface area contributed by atoms with E-state index in [1.165, 1.54) is 0 Å². The second kappa shape index (κ2) is 7.48. The van der Waals surface area contributed by atoms with E-state index in [-0.39, 0.29) is 11.7 Å². The number of rotatable bonds is 3. The van der Waals surface area contributed by atoms with Crippen molar-refractivity contribution in [3.05, 3.63) is 63.0 Å². The summed E-state index contributed by atoms with van der Waals surface area (Å²) in [6, 6.07) is 11.2. The second-order valence-electron chi connectivity index (χ2n) is 7.74. The minimum Gasteiger partial charge on any atom is -0.478 e. The first-order valence-corrected chi connectivity index (χ1v) is 10.3. The monoisotopic (exact) mass is 411 g/mol. The number of hydrogen-bond donors (Lipinski definition) is 0. The Hall–Kier alpha value is -2.34. The predicted molar refractivity (Wildman–Crippen MR) is 113 cm³/mol. The van der Waals surface area contributed by atoms with Gasteiger partial charge in [0.1, 0.15) is 18.1 Å². The minimum atomic E-state index is -0.345. The van der Waals surface area contributed by atoms with Crippen molar-refractivity contribution in [1.82, 2.24) is 4.90 Å². The molecule has 2 aromatic carbocycles. The highest BCUT2D eigenvalue weighted by Gasteiger charge is 2.26. The molecular weight excluding hydrogens is 390 g/mol. The van der Waals surface area contributed by atoms with Gasteiger partial charge in [-0.25, -0.2) is 4.79 Å². The van der Waals surface area contributed by atoms with Crippen molar-refractivity contribution < 1.29 is 13.9 Å². The molecule has 2 aliphatic heterocycles. The maximum atomic E-state index is 12.9. The molecule has 0 bridgehead atoms. The first-order chi connectivity index (χ1) is 14.1. The van der Waals surface area contributed by atoms with E-state index in [0.717, 1.165) is 53.8 Å². The van der Waals surface area contributed by atoms with Crippen molar-refractivity contribution in [3.63, 3.8) is 0 Å². The fourth-order valence-electron chi connectivity index (χ4n) is 4.31. The molecule has 5 rings (SSSR count). The third-order valence-electron chi connectivity index (χ3n) is 5.80. The van der Waals surface area contributed by atoms with Crippen molar-refractivity contribution in [1.29, 1.82) is 0 Å². The van der Waals surface area contributed by atoms with Gasteiger partial charge in [-0.2, -0.15) is 0 Å². The van der Waals surface area contributed by atoms with E-state index in [2.05, 4.69) is 4.90 Å². The van der Waals surface area contributed by atoms with Crippen LogP contribution in [0, 0.1) is 6.92 Å². The molecule has 1 atom stereocenters. The number of hydrogen-bond acceptors (Lipinski definition) is 5. The van der Waals surface area contributed by atoms with Crippen LogP contribution in [-0.4, -0.2) is 30.9 Å². The number of fused-ring (bicyclic) bond motifs is 3. The summed E-state index contributed by atoms with van der Waals surface area (Å²) >= 11 is 6.00. The summed E-state index contributed by atoms with van der Waals surface area (Å²) < 4.78 is 17.6. The van der Waals surface area contributed by atoms with E-state index in [1.807, 2.05) is 31.2 Å². The number of aryl methyl sites for hydroxylation is 1. The zero-order valence-corrected chi connectivity index (χ0v) is 17.0. The molecule has 2 aliphatic rings. The third kappa shape index (κ3) is 3.44. The maximum absolute atomic E-state index is 12.9. The summed E-state index contributed by atoms with van der Waals surface area (Å²) in [7, 11) is 0. The van der Waals surface area contributed by atoms with Crippen molar-refractivity contribution in [3.8, 4) is 16.9 Å². The Kier molecular flexibility index (Phi) is 4.82. The molecular formula is C23H22ClNO4. The predicted octanol–water partition coefficient (Wildman–Crippen LogP) is 4.75. The lowest BCUT2D eigenvalue weighted by Crippen LogP contribution is -2.37. The maximum Gasteiger partial charge on any atom is 0.344 e. The highest BCUT2D eigenvalue weighted by Crippen LogP contribution is 2.36. The molecule has 3 heterocycles. The molecule has 0 spiro atoms. The molecule has 0 aliphatic carbocycles. The summed E-state index contributed by atoms with van der Waals surface area (Å²) in [6.45, 7) is 4.81. The molecule has 3 aromatic rings. The Balaban J connectivity index is 1.56. The van der Waals surface area contributed by atoms with E-state index >= 15 is 0 Å². The minimum absolute atomic E-state index is 0.250. The molecule has 5 nitrogen and oxygen atoms in total. The lowest BCUT2D eigenvalue weighted by Gasteiger charge is -2.30. The van der Waals surface area contributed by atoms with E-state index in [0.29, 0.717) is 29.4 Å². The average molecular weight is 412 g/mol. The van der Waals surface area contributed by atoms with Gasteiger partial charge in [0.15, 0.2) is 0 Å². The Bertz CT molecular complexity index is 1120. The van der Waals surface area contributed by atoms with Crippen LogP contribution < -0.4 is 10.4 Å². The van der Waals surface area contributed by atoms with Gasteiger partial charge in [0, 0.05) is 30.1 Å². The SMILES string of the molecule is Cc1c(-c2ccc(Cl)cc2)c(=O)oc2c3c(ccc12)OCN(CC1CCCO1)C3. The fraction of sp³-hybridized carbons (Fsp3) is 0.348. The van der Waals surface area contributed by atoms with E-state index < -0.39 is 0 Å². The van der Waals surface area contributed by atoms with E-state index in [1.54, 1.807) is 12.1 Å². The quantitative estimate of drug-likeness (QED) is 0.582. The standard InChI is InChI=1S/C23H22ClNO4/c1-14-18-8-9-20-19(12-25(13-28-20)11-17-3-2-10-27-17)22(18)29-23(26)21(14)15-4-6-16(24)7-5-15/h4-9,17H,2-3,10-13H2,1H3. The first kappa shape index (κ1) is 18.7. The van der Waals surface area contributed by atoms with Crippen LogP contribution in [0.3, 0.4) is 0 Å². The molecule has 0 radical (unpaired) electrons. The summed E-state index contributed by atoms with van der Waals surface area (Å²) in [5.74, 6) is 0.780. The van der Waals surface area contributed by atoms with Gasteiger partial charge >= 0.3 is 5.63 Å². The molecule has 1 saturated heterocycles. The smallest absolute Gasteiger partial charge is 0.344 e. The second-order valence-corrected chi connectivity index (χ2v) is 8.17. The third-order valence-corrected chi connectivity index (χ3v) is 6.05. The van der Waals surface area contributed by atoms with Crippen molar-refractivity contribution in [2.75, 3.05) is 19.9 Å². The van der Waals surface area contributed by atoms with Crippen LogP contribution >= 0.6 is 11.6 Å². The van der Waals surface area contributed by atoms with Crippen LogP contribution in [0.1, 0.15) is 24.0 Å². The molecule has 150 valence electrons. The lowest BCUT2D eigenvalue weighted by molar-refractivity contribution is 0.0281. The number of benzene rings is 2. The Morgan fingerprint density at radius 1 is 1.17 bits per heavy atom. The van der Waals surface area contributed by atoms with Gasteiger partial charge in [0.25, 0.3) is 0 Å². The molecule has 6 heteroatoms. The van der Waals surface area contributed by atoms with Gasteiger partial charge < -0.3 is 13.9 Å². The highest BCUT2D eigenvalue weighted by atomic mass is 35.5. The van der Waals surface area contributed by atoms with E-state index in [4.69, 9.17) is 25.5 Å². The normalized spacial score (nSPS) is 19.3. The fourth-order valence-corrected chi connectivity index (χ4v) is 4.44. The molecule has 0 N–H and O–H groups in total. The van der Waals surface area contributed by atoms with Crippen molar-refractivity contribution in [2.45, 2.75) is 32.4 Å². The molecule has 0 amide bonds. The zero-order chi connectivity index (χ0) is 20.0. The Morgan fingerprint density at radius 2 is 2.00 bits per heavy atom. The van der Waals surface area contributed by atoms with Gasteiger partial charge in [-0.05, 0) is 55.2 Å². The van der Waals surface area contributed by atoms with Gasteiger partial charge in [0.2, 0.25) is 0 Å². The molecule has 1 unspecified atom stereocenters. The molecule has 1 aromatic heterocycles. The molecule has 0 saturated carbocycles. The molecule has 29 heavy (non-hydrogen) atoms. The number of nitrogens with zero attached hydrogens (tertiary/aromatic N) is 1. The van der Waals surface area contributed by atoms with Gasteiger partial charge in [-0.1, -0.05) is 23.7 Å². The largest absolute Gasteiger partial charge is 0.478 e. The van der Waals surface area contributed by atoms with Crippen molar-refractivity contribution in [2.24, 2.45) is 0 Å². The summed E-state index contributed by atoms with van der Waals surface area (Å²) in [4.78, 5) is 15.1. The average Bonchev–Trinajstić information content (AvgIpc) is 3.22. The van der Waals surface area contributed by atoms with Crippen LogP contribution in [-0.2, 0) is 11.3 Å².